The molecule has 0 aliphatic carbocycles. The Kier molecular flexibility index (Phi) is 1.20. The van der Waals surface area contributed by atoms with E-state index in [4.69, 9.17) is 4.74 Å². The Labute approximate surface area is 43.2 Å². The van der Waals surface area contributed by atoms with Crippen molar-refractivity contribution in [3.63, 3.8) is 0 Å². The first-order valence-corrected chi connectivity index (χ1v) is 2.45. The first-order valence-electron chi connectivity index (χ1n) is 2.45. The number of hydrogen-bond donors (Lipinski definition) is 1. The summed E-state index contributed by atoms with van der Waals surface area (Å²) in [5.74, 6) is 0.714. The summed E-state index contributed by atoms with van der Waals surface area (Å²) >= 11 is 0. The first-order chi connectivity index (χ1) is 3.39. The van der Waals surface area contributed by atoms with E-state index in [1.807, 2.05) is 0 Å². The molecule has 1 fully saturated rings. The lowest BCUT2D eigenvalue weighted by molar-refractivity contribution is 0.159. The molecule has 0 atom stereocenters. The fourth-order valence-corrected chi connectivity index (χ4v) is 0.546. The summed E-state index contributed by atoms with van der Waals surface area (Å²) in [4.78, 5) is 0. The van der Waals surface area contributed by atoms with Gasteiger partial charge in [-0.1, -0.05) is 0 Å². The van der Waals surface area contributed by atoms with Crippen molar-refractivity contribution in [2.45, 2.75) is 6.42 Å². The molecule has 0 bridgehead atoms. The fraction of sp³-hybridized carbons (Fsp3) is 0.600. The minimum absolute atomic E-state index is 0.714. The van der Waals surface area contributed by atoms with Gasteiger partial charge in [-0.25, -0.2) is 0 Å². The van der Waals surface area contributed by atoms with Crippen molar-refractivity contribution >= 4 is 0 Å². The van der Waals surface area contributed by atoms with Crippen LogP contribution in [-0.2, 0) is 4.74 Å². The zero-order chi connectivity index (χ0) is 5.11. The quantitative estimate of drug-likeness (QED) is 0.476. The standard InChI is InChI=1S/C5H9NO/c1-5-6-3-2-4-7-5/h6H,1-4H2. The Bertz CT molecular complexity index is 72.1. The number of nitrogens with one attached hydrogen (secondary N) is 1. The SMILES string of the molecule is C=C1NCCCO1. The highest BCUT2D eigenvalue weighted by atomic mass is 16.5. The molecule has 0 radical (unpaired) electrons. The molecule has 1 N–H and O–H groups in total. The molecule has 1 rings (SSSR count). The third-order valence-electron chi connectivity index (χ3n) is 0.920. The van der Waals surface area contributed by atoms with Crippen LogP contribution in [0.1, 0.15) is 6.42 Å². The maximum absolute atomic E-state index is 4.97. The van der Waals surface area contributed by atoms with Crippen molar-refractivity contribution in [3.8, 4) is 0 Å². The second kappa shape index (κ2) is 1.87. The molecular weight excluding hydrogens is 90.1 g/mol. The summed E-state index contributed by atoms with van der Waals surface area (Å²) in [7, 11) is 0. The van der Waals surface area contributed by atoms with Gasteiger partial charge in [-0.3, -0.25) is 0 Å². The summed E-state index contributed by atoms with van der Waals surface area (Å²) in [5.41, 5.74) is 0. The Morgan fingerprint density at radius 1 is 1.71 bits per heavy atom. The highest BCUT2D eigenvalue weighted by Crippen LogP contribution is 1.95. The molecule has 1 aliphatic rings. The molecule has 0 unspecified atom stereocenters. The Hall–Kier alpha value is -0.660. The molecule has 1 aliphatic heterocycles. The van der Waals surface area contributed by atoms with Gasteiger partial charge in [0.2, 0.25) is 0 Å². The molecule has 7 heavy (non-hydrogen) atoms. The largest absolute Gasteiger partial charge is 0.480 e. The first kappa shape index (κ1) is 4.50. The lowest BCUT2D eigenvalue weighted by Gasteiger charge is -2.15. The second-order valence-corrected chi connectivity index (χ2v) is 1.55. The average molecular weight is 99.1 g/mol. The molecule has 1 heterocycles. The van der Waals surface area contributed by atoms with Gasteiger partial charge < -0.3 is 10.1 Å². The third-order valence-corrected chi connectivity index (χ3v) is 0.920. The van der Waals surface area contributed by atoms with E-state index < -0.39 is 0 Å². The van der Waals surface area contributed by atoms with Crippen LogP contribution in [0.2, 0.25) is 0 Å². The predicted molar refractivity (Wildman–Crippen MR) is 27.7 cm³/mol. The van der Waals surface area contributed by atoms with Crippen molar-refractivity contribution in [3.05, 3.63) is 12.5 Å². The second-order valence-electron chi connectivity index (χ2n) is 1.55. The van der Waals surface area contributed by atoms with E-state index in [1.54, 1.807) is 0 Å². The smallest absolute Gasteiger partial charge is 0.179 e. The Morgan fingerprint density at radius 2 is 2.57 bits per heavy atom. The topological polar surface area (TPSA) is 21.3 Å². The van der Waals surface area contributed by atoms with E-state index in [0.717, 1.165) is 19.6 Å². The normalized spacial score (nSPS) is 20.3. The molecular formula is C5H9NO. The Balaban J connectivity index is 2.25. The lowest BCUT2D eigenvalue weighted by Crippen LogP contribution is -2.23. The fourth-order valence-electron chi connectivity index (χ4n) is 0.546. The minimum atomic E-state index is 0.714. The van der Waals surface area contributed by atoms with Crippen molar-refractivity contribution in [1.29, 1.82) is 0 Å². The highest BCUT2D eigenvalue weighted by Gasteiger charge is 1.98. The van der Waals surface area contributed by atoms with Crippen LogP contribution in [0.15, 0.2) is 12.5 Å². The molecule has 2 nitrogen and oxygen atoms in total. The molecule has 2 heteroatoms. The third kappa shape index (κ3) is 1.11. The summed E-state index contributed by atoms with van der Waals surface area (Å²) in [6.07, 6.45) is 1.10. The van der Waals surface area contributed by atoms with Crippen LogP contribution < -0.4 is 5.32 Å². The molecule has 0 spiro atoms. The van der Waals surface area contributed by atoms with Gasteiger partial charge in [-0.2, -0.15) is 0 Å². The van der Waals surface area contributed by atoms with Crippen LogP contribution in [0, 0.1) is 0 Å². The molecule has 0 saturated carbocycles. The minimum Gasteiger partial charge on any atom is -0.480 e. The lowest BCUT2D eigenvalue weighted by atomic mass is 10.4. The van der Waals surface area contributed by atoms with Gasteiger partial charge in [0, 0.05) is 6.54 Å². The van der Waals surface area contributed by atoms with E-state index in [0.29, 0.717) is 5.88 Å². The van der Waals surface area contributed by atoms with E-state index in [1.165, 1.54) is 0 Å². The summed E-state index contributed by atoms with van der Waals surface area (Å²) in [5, 5.41) is 2.97. The van der Waals surface area contributed by atoms with E-state index in [9.17, 15) is 0 Å². The highest BCUT2D eigenvalue weighted by molar-refractivity contribution is 4.81. The van der Waals surface area contributed by atoms with Gasteiger partial charge in [0.1, 0.15) is 0 Å². The number of hydrogen-bond acceptors (Lipinski definition) is 2. The van der Waals surface area contributed by atoms with Crippen LogP contribution in [0.4, 0.5) is 0 Å². The van der Waals surface area contributed by atoms with Gasteiger partial charge in [0.05, 0.1) is 6.61 Å². The van der Waals surface area contributed by atoms with Gasteiger partial charge >= 0.3 is 0 Å². The molecule has 0 aromatic rings. The van der Waals surface area contributed by atoms with Crippen LogP contribution >= 0.6 is 0 Å². The average Bonchev–Trinajstić information content (AvgIpc) is 1.69. The summed E-state index contributed by atoms with van der Waals surface area (Å²) < 4.78 is 4.97. The van der Waals surface area contributed by atoms with E-state index in [-0.39, 0.29) is 0 Å². The van der Waals surface area contributed by atoms with Crippen molar-refractivity contribution in [2.75, 3.05) is 13.2 Å². The van der Waals surface area contributed by atoms with Crippen LogP contribution in [0.5, 0.6) is 0 Å². The monoisotopic (exact) mass is 99.1 g/mol. The van der Waals surface area contributed by atoms with Gasteiger partial charge in [0.25, 0.3) is 0 Å². The molecule has 0 aromatic heterocycles. The van der Waals surface area contributed by atoms with Crippen LogP contribution in [-0.4, -0.2) is 13.2 Å². The van der Waals surface area contributed by atoms with E-state index >= 15 is 0 Å². The van der Waals surface area contributed by atoms with Gasteiger partial charge in [-0.05, 0) is 13.0 Å². The maximum atomic E-state index is 4.97. The molecule has 0 aromatic carbocycles. The van der Waals surface area contributed by atoms with Crippen molar-refractivity contribution < 1.29 is 4.74 Å². The molecule has 40 valence electrons. The summed E-state index contributed by atoms with van der Waals surface area (Å²) in [6, 6.07) is 0. The number of rotatable bonds is 0. The summed E-state index contributed by atoms with van der Waals surface area (Å²) in [6.45, 7) is 5.42. The van der Waals surface area contributed by atoms with E-state index in [2.05, 4.69) is 11.9 Å². The van der Waals surface area contributed by atoms with Crippen molar-refractivity contribution in [2.24, 2.45) is 0 Å². The van der Waals surface area contributed by atoms with Crippen molar-refractivity contribution in [1.82, 2.24) is 5.32 Å². The van der Waals surface area contributed by atoms with Gasteiger partial charge in [-0.15, -0.1) is 0 Å². The molecule has 1 saturated heterocycles. The predicted octanol–water partition coefficient (Wildman–Crippen LogP) is 0.467. The Morgan fingerprint density at radius 3 is 2.86 bits per heavy atom. The van der Waals surface area contributed by atoms with Crippen LogP contribution in [0.3, 0.4) is 0 Å². The van der Waals surface area contributed by atoms with Crippen LogP contribution in [0.25, 0.3) is 0 Å². The molecule has 0 amide bonds. The zero-order valence-corrected chi connectivity index (χ0v) is 4.24. The van der Waals surface area contributed by atoms with Gasteiger partial charge in [0.15, 0.2) is 5.88 Å². The number of ether oxygens (including phenoxy) is 1. The zero-order valence-electron chi connectivity index (χ0n) is 4.24. The maximum Gasteiger partial charge on any atom is 0.179 e.